The fourth-order valence-electron chi connectivity index (χ4n) is 1.39. The molecule has 0 saturated carbocycles. The van der Waals surface area contributed by atoms with Crippen LogP contribution in [0.15, 0.2) is 12.5 Å². The van der Waals surface area contributed by atoms with Crippen molar-refractivity contribution in [3.63, 3.8) is 0 Å². The Morgan fingerprint density at radius 2 is 2.47 bits per heavy atom. The van der Waals surface area contributed by atoms with Crippen LogP contribution in [0, 0.1) is 0 Å². The van der Waals surface area contributed by atoms with E-state index < -0.39 is 0 Å². The van der Waals surface area contributed by atoms with Crippen LogP contribution in [-0.2, 0) is 13.5 Å². The molecule has 0 atom stereocenters. The molecule has 0 aliphatic rings. The SMILES string of the molecule is Cn1cnnc1CCNC(=O)c1[nH]ncc1N. The molecule has 8 heteroatoms. The molecule has 0 spiro atoms. The molecule has 4 N–H and O–H groups in total. The van der Waals surface area contributed by atoms with Crippen LogP contribution >= 0.6 is 0 Å². The zero-order chi connectivity index (χ0) is 12.3. The van der Waals surface area contributed by atoms with E-state index in [2.05, 4.69) is 25.7 Å². The van der Waals surface area contributed by atoms with Gasteiger partial charge in [-0.1, -0.05) is 0 Å². The second kappa shape index (κ2) is 4.64. The van der Waals surface area contributed by atoms with Gasteiger partial charge >= 0.3 is 0 Å². The molecule has 17 heavy (non-hydrogen) atoms. The lowest BCUT2D eigenvalue weighted by atomic mass is 10.3. The smallest absolute Gasteiger partial charge is 0.271 e. The third kappa shape index (κ3) is 2.41. The minimum absolute atomic E-state index is 0.276. The number of nitrogens with one attached hydrogen (secondary N) is 2. The number of hydrogen-bond acceptors (Lipinski definition) is 5. The Morgan fingerprint density at radius 3 is 3.06 bits per heavy atom. The van der Waals surface area contributed by atoms with Gasteiger partial charge in [-0.2, -0.15) is 5.10 Å². The highest BCUT2D eigenvalue weighted by Gasteiger charge is 2.11. The van der Waals surface area contributed by atoms with Gasteiger partial charge in [-0.05, 0) is 0 Å². The van der Waals surface area contributed by atoms with Crippen molar-refractivity contribution in [2.24, 2.45) is 7.05 Å². The Morgan fingerprint density at radius 1 is 1.65 bits per heavy atom. The molecule has 0 saturated heterocycles. The first-order chi connectivity index (χ1) is 8.18. The predicted molar refractivity (Wildman–Crippen MR) is 60.0 cm³/mol. The van der Waals surface area contributed by atoms with E-state index in [-0.39, 0.29) is 11.6 Å². The van der Waals surface area contributed by atoms with Crippen LogP contribution in [0.3, 0.4) is 0 Å². The van der Waals surface area contributed by atoms with Crippen molar-refractivity contribution in [3.8, 4) is 0 Å². The number of H-pyrrole nitrogens is 1. The molecule has 0 radical (unpaired) electrons. The van der Waals surface area contributed by atoms with Gasteiger partial charge in [0.1, 0.15) is 17.8 Å². The van der Waals surface area contributed by atoms with Gasteiger partial charge in [0.25, 0.3) is 5.91 Å². The number of nitrogen functional groups attached to an aromatic ring is 1. The van der Waals surface area contributed by atoms with Gasteiger partial charge in [-0.3, -0.25) is 9.89 Å². The largest absolute Gasteiger partial charge is 0.396 e. The molecule has 0 bridgehead atoms. The van der Waals surface area contributed by atoms with Gasteiger partial charge in [-0.25, -0.2) is 0 Å². The van der Waals surface area contributed by atoms with E-state index in [1.807, 2.05) is 7.05 Å². The zero-order valence-corrected chi connectivity index (χ0v) is 9.34. The molecule has 0 aliphatic carbocycles. The Hall–Kier alpha value is -2.38. The number of nitrogens with two attached hydrogens (primary N) is 1. The van der Waals surface area contributed by atoms with Crippen molar-refractivity contribution in [1.82, 2.24) is 30.3 Å². The fraction of sp³-hybridized carbons (Fsp3) is 0.333. The minimum atomic E-state index is -0.276. The molecule has 8 nitrogen and oxygen atoms in total. The minimum Gasteiger partial charge on any atom is -0.396 e. The highest BCUT2D eigenvalue weighted by molar-refractivity contribution is 5.96. The topological polar surface area (TPSA) is 115 Å². The fourth-order valence-corrected chi connectivity index (χ4v) is 1.39. The summed E-state index contributed by atoms with van der Waals surface area (Å²) < 4.78 is 1.80. The van der Waals surface area contributed by atoms with Crippen LogP contribution in [-0.4, -0.2) is 37.4 Å². The number of amides is 1. The summed E-state index contributed by atoms with van der Waals surface area (Å²) in [6.07, 6.45) is 3.62. The monoisotopic (exact) mass is 235 g/mol. The van der Waals surface area contributed by atoms with E-state index in [1.165, 1.54) is 6.20 Å². The predicted octanol–water partition coefficient (Wildman–Crippen LogP) is -0.907. The summed E-state index contributed by atoms with van der Waals surface area (Å²) in [6, 6.07) is 0. The normalized spacial score (nSPS) is 10.4. The number of anilines is 1. The standard InChI is InChI=1S/C9H13N7O/c1-16-5-13-14-7(16)2-3-11-9(17)8-6(10)4-12-15-8/h4-5H,2-3,10H2,1H3,(H,11,17)(H,12,15). The molecule has 0 aromatic carbocycles. The second-order valence-corrected chi connectivity index (χ2v) is 3.56. The van der Waals surface area contributed by atoms with E-state index in [0.29, 0.717) is 18.7 Å². The third-order valence-corrected chi connectivity index (χ3v) is 2.34. The molecule has 2 rings (SSSR count). The number of aromatic amines is 1. The molecule has 1 amide bonds. The zero-order valence-electron chi connectivity index (χ0n) is 9.34. The van der Waals surface area contributed by atoms with Crippen LogP contribution in [0.2, 0.25) is 0 Å². The van der Waals surface area contributed by atoms with Crippen LogP contribution in [0.5, 0.6) is 0 Å². The van der Waals surface area contributed by atoms with Gasteiger partial charge in [0, 0.05) is 20.0 Å². The number of hydrogen-bond donors (Lipinski definition) is 3. The van der Waals surface area contributed by atoms with Crippen LogP contribution in [0.4, 0.5) is 5.69 Å². The molecule has 2 aromatic heterocycles. The lowest BCUT2D eigenvalue weighted by Crippen LogP contribution is -2.27. The van der Waals surface area contributed by atoms with Crippen molar-refractivity contribution in [2.75, 3.05) is 12.3 Å². The summed E-state index contributed by atoms with van der Waals surface area (Å²) in [5.41, 5.74) is 6.17. The van der Waals surface area contributed by atoms with Gasteiger partial charge in [0.15, 0.2) is 0 Å². The maximum absolute atomic E-state index is 11.6. The van der Waals surface area contributed by atoms with Crippen LogP contribution in [0.1, 0.15) is 16.3 Å². The summed E-state index contributed by atoms with van der Waals surface area (Å²) in [6.45, 7) is 0.462. The molecular weight excluding hydrogens is 222 g/mol. The molecule has 0 unspecified atom stereocenters. The summed E-state index contributed by atoms with van der Waals surface area (Å²) in [5, 5.41) is 16.6. The second-order valence-electron chi connectivity index (χ2n) is 3.56. The molecular formula is C9H13N7O. The first kappa shape index (κ1) is 11.1. The number of nitrogens with zero attached hydrogens (tertiary/aromatic N) is 4. The molecule has 90 valence electrons. The van der Waals surface area contributed by atoms with Crippen LogP contribution in [0.25, 0.3) is 0 Å². The average Bonchev–Trinajstić information content (AvgIpc) is 2.88. The van der Waals surface area contributed by atoms with Crippen molar-refractivity contribution in [2.45, 2.75) is 6.42 Å². The Kier molecular flexibility index (Phi) is 3.03. The first-order valence-corrected chi connectivity index (χ1v) is 5.08. The van der Waals surface area contributed by atoms with E-state index >= 15 is 0 Å². The summed E-state index contributed by atoms with van der Waals surface area (Å²) in [4.78, 5) is 11.6. The quantitative estimate of drug-likeness (QED) is 0.635. The number of aromatic nitrogens is 5. The molecule has 2 heterocycles. The van der Waals surface area contributed by atoms with E-state index in [1.54, 1.807) is 10.9 Å². The highest BCUT2D eigenvalue weighted by atomic mass is 16.1. The highest BCUT2D eigenvalue weighted by Crippen LogP contribution is 2.04. The van der Waals surface area contributed by atoms with Gasteiger partial charge < -0.3 is 15.6 Å². The van der Waals surface area contributed by atoms with E-state index in [4.69, 9.17) is 5.73 Å². The van der Waals surface area contributed by atoms with Crippen LogP contribution < -0.4 is 11.1 Å². The maximum Gasteiger partial charge on any atom is 0.271 e. The van der Waals surface area contributed by atoms with Gasteiger partial charge in [-0.15, -0.1) is 10.2 Å². The number of aryl methyl sites for hydroxylation is 1. The summed E-state index contributed by atoms with van der Waals surface area (Å²) in [7, 11) is 1.85. The molecule has 0 aliphatic heterocycles. The molecule has 2 aromatic rings. The maximum atomic E-state index is 11.6. The Bertz CT molecular complexity index is 515. The lowest BCUT2D eigenvalue weighted by Gasteiger charge is -2.03. The van der Waals surface area contributed by atoms with Crippen molar-refractivity contribution in [1.29, 1.82) is 0 Å². The Labute approximate surface area is 97.2 Å². The lowest BCUT2D eigenvalue weighted by molar-refractivity contribution is 0.0950. The first-order valence-electron chi connectivity index (χ1n) is 5.08. The third-order valence-electron chi connectivity index (χ3n) is 2.34. The van der Waals surface area contributed by atoms with E-state index in [0.717, 1.165) is 5.82 Å². The van der Waals surface area contributed by atoms with Crippen molar-refractivity contribution < 1.29 is 4.79 Å². The summed E-state index contributed by atoms with van der Waals surface area (Å²) in [5.74, 6) is 0.532. The number of carbonyl (C=O) groups is 1. The van der Waals surface area contributed by atoms with E-state index in [9.17, 15) is 4.79 Å². The molecule has 0 fully saturated rings. The van der Waals surface area contributed by atoms with Crippen molar-refractivity contribution >= 4 is 11.6 Å². The number of rotatable bonds is 4. The van der Waals surface area contributed by atoms with Gasteiger partial charge in [0.05, 0.1) is 11.9 Å². The van der Waals surface area contributed by atoms with Crippen molar-refractivity contribution in [3.05, 3.63) is 24.0 Å². The number of carbonyl (C=O) groups excluding carboxylic acids is 1. The van der Waals surface area contributed by atoms with Gasteiger partial charge in [0.2, 0.25) is 0 Å². The Balaban J connectivity index is 1.86. The average molecular weight is 235 g/mol. The summed E-state index contributed by atoms with van der Waals surface area (Å²) >= 11 is 0.